The van der Waals surface area contributed by atoms with Crippen molar-refractivity contribution < 1.29 is 35.8 Å². The van der Waals surface area contributed by atoms with Crippen LogP contribution in [0.3, 0.4) is 0 Å². The van der Waals surface area contributed by atoms with Crippen molar-refractivity contribution in [3.63, 3.8) is 0 Å². The summed E-state index contributed by atoms with van der Waals surface area (Å²) in [5, 5.41) is 0. The topological polar surface area (TPSA) is 18.5 Å². The second kappa shape index (κ2) is 5.41. The lowest BCUT2D eigenvalue weighted by Gasteiger charge is -2.16. The second-order valence-corrected chi connectivity index (χ2v) is 3.17. The van der Waals surface area contributed by atoms with Crippen molar-refractivity contribution in [1.82, 2.24) is 0 Å². The van der Waals surface area contributed by atoms with E-state index in [-0.39, 0.29) is 0 Å². The number of rotatable bonds is 3. The third-order valence-electron chi connectivity index (χ3n) is 1.76. The summed E-state index contributed by atoms with van der Waals surface area (Å²) in [5.41, 5.74) is -0.507. The molecule has 0 spiro atoms. The van der Waals surface area contributed by atoms with Gasteiger partial charge in [-0.3, -0.25) is 0 Å². The predicted octanol–water partition coefficient (Wildman–Crippen LogP) is 4.33. The fourth-order valence-electron chi connectivity index (χ4n) is 1.23. The standard InChI is InChI=1S/C11H7F6O2/c1-2-4-7-8(18-10(12,13)14)5-3-6-9(7)19-11(15,16)17/h2-6H,1H2. The molecule has 0 atom stereocenters. The average molecular weight is 285 g/mol. The Morgan fingerprint density at radius 2 is 1.32 bits per heavy atom. The lowest BCUT2D eigenvalue weighted by molar-refractivity contribution is -0.276. The third-order valence-corrected chi connectivity index (χ3v) is 1.76. The van der Waals surface area contributed by atoms with Crippen LogP contribution in [0.2, 0.25) is 0 Å². The summed E-state index contributed by atoms with van der Waals surface area (Å²) >= 11 is 0. The molecule has 0 amide bonds. The third kappa shape index (κ3) is 5.11. The van der Waals surface area contributed by atoms with E-state index in [4.69, 9.17) is 0 Å². The van der Waals surface area contributed by atoms with E-state index >= 15 is 0 Å². The molecule has 0 saturated heterocycles. The van der Waals surface area contributed by atoms with Gasteiger partial charge in [0, 0.05) is 0 Å². The van der Waals surface area contributed by atoms with E-state index < -0.39 is 29.8 Å². The molecule has 8 heteroatoms. The maximum atomic E-state index is 12.1. The number of hydrogen-bond donors (Lipinski definition) is 0. The van der Waals surface area contributed by atoms with Crippen molar-refractivity contribution in [1.29, 1.82) is 0 Å². The van der Waals surface area contributed by atoms with E-state index in [1.54, 1.807) is 0 Å². The van der Waals surface area contributed by atoms with Gasteiger partial charge in [0.2, 0.25) is 0 Å². The summed E-state index contributed by atoms with van der Waals surface area (Å²) in [4.78, 5) is 0. The van der Waals surface area contributed by atoms with Gasteiger partial charge in [-0.25, -0.2) is 0 Å². The molecule has 19 heavy (non-hydrogen) atoms. The quantitative estimate of drug-likeness (QED) is 0.769. The first-order valence-electron chi connectivity index (χ1n) is 4.72. The molecule has 1 radical (unpaired) electrons. The average Bonchev–Trinajstić information content (AvgIpc) is 2.18. The molecule has 0 unspecified atom stereocenters. The number of halogens is 6. The molecule has 0 aliphatic rings. The molecular formula is C11H7F6O2. The first-order chi connectivity index (χ1) is 8.62. The normalized spacial score (nSPS) is 12.8. The zero-order valence-electron chi connectivity index (χ0n) is 9.18. The van der Waals surface area contributed by atoms with Gasteiger partial charge in [0.05, 0.1) is 5.56 Å². The Hall–Kier alpha value is -1.86. The molecule has 0 aromatic heterocycles. The Morgan fingerprint density at radius 1 is 0.895 bits per heavy atom. The molecule has 0 heterocycles. The monoisotopic (exact) mass is 285 g/mol. The van der Waals surface area contributed by atoms with Gasteiger partial charge < -0.3 is 9.47 Å². The highest BCUT2D eigenvalue weighted by molar-refractivity contribution is 5.64. The van der Waals surface area contributed by atoms with Gasteiger partial charge >= 0.3 is 12.7 Å². The lowest BCUT2D eigenvalue weighted by atomic mass is 10.1. The van der Waals surface area contributed by atoms with Crippen LogP contribution >= 0.6 is 0 Å². The highest BCUT2D eigenvalue weighted by Crippen LogP contribution is 2.36. The van der Waals surface area contributed by atoms with Gasteiger partial charge in [-0.15, -0.1) is 26.3 Å². The van der Waals surface area contributed by atoms with Crippen LogP contribution < -0.4 is 9.47 Å². The first kappa shape index (κ1) is 15.2. The van der Waals surface area contributed by atoms with Gasteiger partial charge in [0.25, 0.3) is 0 Å². The van der Waals surface area contributed by atoms with Crippen LogP contribution in [0.1, 0.15) is 5.56 Å². The van der Waals surface area contributed by atoms with Gasteiger partial charge in [-0.05, 0) is 19.1 Å². The van der Waals surface area contributed by atoms with Crippen LogP contribution in [-0.2, 0) is 0 Å². The molecule has 0 aliphatic heterocycles. The van der Waals surface area contributed by atoms with Crippen LogP contribution in [0.5, 0.6) is 11.5 Å². The summed E-state index contributed by atoms with van der Waals surface area (Å²) in [5.74, 6) is -1.62. The van der Waals surface area contributed by atoms with E-state index in [0.29, 0.717) is 0 Å². The van der Waals surface area contributed by atoms with Crippen molar-refractivity contribution in [3.05, 3.63) is 36.8 Å². The Balaban J connectivity index is 3.22. The van der Waals surface area contributed by atoms with Crippen molar-refractivity contribution in [2.45, 2.75) is 12.7 Å². The number of benzene rings is 1. The molecule has 2 nitrogen and oxygen atoms in total. The maximum absolute atomic E-state index is 12.1. The lowest BCUT2D eigenvalue weighted by Crippen LogP contribution is -2.20. The van der Waals surface area contributed by atoms with Crippen molar-refractivity contribution >= 4 is 6.08 Å². The minimum absolute atomic E-state index is 0.507. The predicted molar refractivity (Wildman–Crippen MR) is 54.2 cm³/mol. The summed E-state index contributed by atoms with van der Waals surface area (Å²) in [6.07, 6.45) is -8.12. The Bertz CT molecular complexity index is 427. The largest absolute Gasteiger partial charge is 0.573 e. The van der Waals surface area contributed by atoms with E-state index in [2.05, 4.69) is 16.4 Å². The van der Waals surface area contributed by atoms with Gasteiger partial charge in [0.1, 0.15) is 11.5 Å². The zero-order chi connectivity index (χ0) is 14.7. The highest BCUT2D eigenvalue weighted by atomic mass is 19.4. The van der Waals surface area contributed by atoms with Crippen LogP contribution in [0.15, 0.2) is 24.3 Å². The number of ether oxygens (including phenoxy) is 2. The van der Waals surface area contributed by atoms with Crippen LogP contribution in [0, 0.1) is 6.92 Å². The maximum Gasteiger partial charge on any atom is 0.573 e. The summed E-state index contributed by atoms with van der Waals surface area (Å²) in [6.45, 7) is 3.20. The SMILES string of the molecule is [CH2]C=Cc1c(OC(F)(F)F)cccc1OC(F)(F)F. The molecule has 1 rings (SSSR count). The van der Waals surface area contributed by atoms with Gasteiger partial charge in [-0.2, -0.15) is 0 Å². The van der Waals surface area contributed by atoms with E-state index in [0.717, 1.165) is 30.4 Å². The zero-order valence-corrected chi connectivity index (χ0v) is 9.18. The van der Waals surface area contributed by atoms with Crippen molar-refractivity contribution in [2.75, 3.05) is 0 Å². The van der Waals surface area contributed by atoms with Gasteiger partial charge in [0.15, 0.2) is 0 Å². The molecule has 0 N–H and O–H groups in total. The number of hydrogen-bond acceptors (Lipinski definition) is 2. The summed E-state index contributed by atoms with van der Waals surface area (Å²) in [7, 11) is 0. The van der Waals surface area contributed by atoms with E-state index in [1.807, 2.05) is 0 Å². The number of alkyl halides is 6. The van der Waals surface area contributed by atoms with Crippen molar-refractivity contribution in [3.8, 4) is 11.5 Å². The Kier molecular flexibility index (Phi) is 4.33. The van der Waals surface area contributed by atoms with Crippen LogP contribution in [0.4, 0.5) is 26.3 Å². The smallest absolute Gasteiger partial charge is 0.405 e. The summed E-state index contributed by atoms with van der Waals surface area (Å²) < 4.78 is 79.9. The molecular weight excluding hydrogens is 278 g/mol. The highest BCUT2D eigenvalue weighted by Gasteiger charge is 2.35. The van der Waals surface area contributed by atoms with Crippen molar-refractivity contribution in [2.24, 2.45) is 0 Å². The Morgan fingerprint density at radius 3 is 1.63 bits per heavy atom. The molecule has 105 valence electrons. The Labute approximate surface area is 104 Å². The second-order valence-electron chi connectivity index (χ2n) is 3.17. The fourth-order valence-corrected chi connectivity index (χ4v) is 1.23. The number of allylic oxidation sites excluding steroid dienone is 1. The molecule has 0 aliphatic carbocycles. The minimum atomic E-state index is -5.03. The van der Waals surface area contributed by atoms with Crippen LogP contribution in [0.25, 0.3) is 6.08 Å². The molecule has 0 bridgehead atoms. The molecule has 1 aromatic rings. The van der Waals surface area contributed by atoms with Gasteiger partial charge in [-0.1, -0.05) is 18.2 Å². The van der Waals surface area contributed by atoms with E-state index in [9.17, 15) is 26.3 Å². The van der Waals surface area contributed by atoms with E-state index in [1.165, 1.54) is 0 Å². The molecule has 1 aromatic carbocycles. The first-order valence-corrected chi connectivity index (χ1v) is 4.72. The summed E-state index contributed by atoms with van der Waals surface area (Å²) in [6, 6.07) is 2.68. The molecule has 0 fully saturated rings. The minimum Gasteiger partial charge on any atom is -0.405 e. The molecule has 0 saturated carbocycles. The fraction of sp³-hybridized carbons (Fsp3) is 0.182. The van der Waals surface area contributed by atoms with Crippen LogP contribution in [-0.4, -0.2) is 12.7 Å².